The molecule has 0 spiro atoms. The quantitative estimate of drug-likeness (QED) is 0.459. The van der Waals surface area contributed by atoms with Crippen molar-refractivity contribution < 1.29 is 17.9 Å². The van der Waals surface area contributed by atoms with Gasteiger partial charge in [0.05, 0.1) is 17.6 Å². The van der Waals surface area contributed by atoms with E-state index in [-0.39, 0.29) is 10.8 Å². The molecule has 0 radical (unpaired) electrons. The maximum Gasteiger partial charge on any atom is 0.248 e. The Morgan fingerprint density at radius 3 is 2.66 bits per heavy atom. The van der Waals surface area contributed by atoms with Crippen LogP contribution in [0.25, 0.3) is 6.08 Å². The first-order valence-corrected chi connectivity index (χ1v) is 10.6. The molecule has 0 aliphatic heterocycles. The van der Waals surface area contributed by atoms with E-state index in [1.54, 1.807) is 49.4 Å². The number of carbonyl (C=O) groups is 1. The fourth-order valence-electron chi connectivity index (χ4n) is 2.39. The van der Waals surface area contributed by atoms with Crippen molar-refractivity contribution in [1.82, 2.24) is 4.72 Å². The number of unbranched alkanes of at least 4 members (excludes halogenated alkanes) is 1. The lowest BCUT2D eigenvalue weighted by Gasteiger charge is -2.07. The van der Waals surface area contributed by atoms with Gasteiger partial charge in [-0.05, 0) is 42.3 Å². The van der Waals surface area contributed by atoms with E-state index in [2.05, 4.69) is 16.1 Å². The van der Waals surface area contributed by atoms with Crippen molar-refractivity contribution in [2.75, 3.05) is 18.5 Å². The second-order valence-corrected chi connectivity index (χ2v) is 7.80. The standard InChI is InChI=1S/C21H23N3O4S/c1-2-23-29(26,27)20-11-8-17(9-12-20)10-13-21(25)24-18-6-5-7-19(16-18)28-15-4-3-14-22/h5-13,16,23H,2-4,15H2,1H3,(H,24,25). The van der Waals surface area contributed by atoms with Gasteiger partial charge in [-0.3, -0.25) is 4.79 Å². The molecule has 7 nitrogen and oxygen atoms in total. The van der Waals surface area contributed by atoms with Gasteiger partial charge in [-0.25, -0.2) is 13.1 Å². The zero-order valence-corrected chi connectivity index (χ0v) is 16.9. The number of ether oxygens (including phenoxy) is 1. The van der Waals surface area contributed by atoms with E-state index in [1.807, 2.05) is 0 Å². The number of sulfonamides is 1. The lowest BCUT2D eigenvalue weighted by atomic mass is 10.2. The molecule has 0 aromatic heterocycles. The molecule has 2 aromatic rings. The third-order valence-corrected chi connectivity index (χ3v) is 5.32. The molecular formula is C21H23N3O4S. The largest absolute Gasteiger partial charge is 0.493 e. The van der Waals surface area contributed by atoms with E-state index < -0.39 is 10.0 Å². The number of nitrogens with one attached hydrogen (secondary N) is 2. The van der Waals surface area contributed by atoms with Gasteiger partial charge in [0.1, 0.15) is 5.75 Å². The normalized spacial score (nSPS) is 11.2. The van der Waals surface area contributed by atoms with Gasteiger partial charge in [-0.1, -0.05) is 25.1 Å². The van der Waals surface area contributed by atoms with E-state index in [0.717, 1.165) is 0 Å². The Morgan fingerprint density at radius 2 is 1.97 bits per heavy atom. The number of nitriles is 1. The van der Waals surface area contributed by atoms with E-state index >= 15 is 0 Å². The highest BCUT2D eigenvalue weighted by Crippen LogP contribution is 2.18. The van der Waals surface area contributed by atoms with Crippen molar-refractivity contribution >= 4 is 27.7 Å². The molecule has 0 aliphatic rings. The summed E-state index contributed by atoms with van der Waals surface area (Å²) in [6.07, 6.45) is 4.04. The molecular weight excluding hydrogens is 390 g/mol. The summed E-state index contributed by atoms with van der Waals surface area (Å²) >= 11 is 0. The number of amides is 1. The van der Waals surface area contributed by atoms with Crippen LogP contribution in [0, 0.1) is 11.3 Å². The molecule has 1 amide bonds. The van der Waals surface area contributed by atoms with Gasteiger partial charge in [0, 0.05) is 30.8 Å². The topological polar surface area (TPSA) is 108 Å². The Morgan fingerprint density at radius 1 is 1.21 bits per heavy atom. The summed E-state index contributed by atoms with van der Waals surface area (Å²) in [5, 5.41) is 11.3. The number of rotatable bonds is 10. The van der Waals surface area contributed by atoms with Crippen LogP contribution in [0.1, 0.15) is 25.3 Å². The van der Waals surface area contributed by atoms with Gasteiger partial charge in [0.2, 0.25) is 15.9 Å². The minimum Gasteiger partial charge on any atom is -0.493 e. The molecule has 0 aliphatic carbocycles. The number of carbonyl (C=O) groups excluding carboxylic acids is 1. The maximum absolute atomic E-state index is 12.1. The number of anilines is 1. The van der Waals surface area contributed by atoms with Gasteiger partial charge in [-0.2, -0.15) is 5.26 Å². The highest BCUT2D eigenvalue weighted by molar-refractivity contribution is 7.89. The average Bonchev–Trinajstić information content (AvgIpc) is 2.70. The minimum absolute atomic E-state index is 0.174. The summed E-state index contributed by atoms with van der Waals surface area (Å²) in [6.45, 7) is 2.46. The second kappa shape index (κ2) is 11.0. The third-order valence-electron chi connectivity index (χ3n) is 3.76. The van der Waals surface area contributed by atoms with E-state index in [4.69, 9.17) is 10.00 Å². The number of hydrogen-bond donors (Lipinski definition) is 2. The summed E-state index contributed by atoms with van der Waals surface area (Å²) in [7, 11) is -3.49. The predicted octanol–water partition coefficient (Wildman–Crippen LogP) is 3.32. The lowest BCUT2D eigenvalue weighted by molar-refractivity contribution is -0.111. The van der Waals surface area contributed by atoms with Crippen LogP contribution in [0.2, 0.25) is 0 Å². The van der Waals surface area contributed by atoms with E-state index in [0.29, 0.717) is 43.0 Å². The monoisotopic (exact) mass is 413 g/mol. The van der Waals surface area contributed by atoms with Crippen molar-refractivity contribution in [3.05, 3.63) is 60.2 Å². The molecule has 0 atom stereocenters. The summed E-state index contributed by atoms with van der Waals surface area (Å²) in [6, 6.07) is 15.3. The molecule has 2 aromatic carbocycles. The Bertz CT molecular complexity index is 993. The van der Waals surface area contributed by atoms with Gasteiger partial charge >= 0.3 is 0 Å². The maximum atomic E-state index is 12.1. The van der Waals surface area contributed by atoms with E-state index in [9.17, 15) is 13.2 Å². The number of nitrogens with zero attached hydrogens (tertiary/aromatic N) is 1. The summed E-state index contributed by atoms with van der Waals surface area (Å²) in [4.78, 5) is 12.3. The van der Waals surface area contributed by atoms with Crippen LogP contribution in [-0.4, -0.2) is 27.5 Å². The zero-order valence-electron chi connectivity index (χ0n) is 16.1. The smallest absolute Gasteiger partial charge is 0.248 e. The van der Waals surface area contributed by atoms with E-state index in [1.165, 1.54) is 18.2 Å². The van der Waals surface area contributed by atoms with Crippen LogP contribution in [0.4, 0.5) is 5.69 Å². The molecule has 0 saturated heterocycles. The van der Waals surface area contributed by atoms with Gasteiger partial charge in [0.15, 0.2) is 0 Å². The van der Waals surface area contributed by atoms with Crippen LogP contribution < -0.4 is 14.8 Å². The second-order valence-electron chi connectivity index (χ2n) is 6.03. The Hall–Kier alpha value is -3.15. The fraction of sp³-hybridized carbons (Fsp3) is 0.238. The van der Waals surface area contributed by atoms with Crippen LogP contribution >= 0.6 is 0 Å². The molecule has 152 valence electrons. The first-order chi connectivity index (χ1) is 13.9. The van der Waals surface area contributed by atoms with Crippen molar-refractivity contribution in [3.63, 3.8) is 0 Å². The Labute approximate surface area is 171 Å². The molecule has 0 unspecified atom stereocenters. The number of hydrogen-bond acceptors (Lipinski definition) is 5. The third kappa shape index (κ3) is 7.41. The summed E-state index contributed by atoms with van der Waals surface area (Å²) in [5.41, 5.74) is 1.29. The molecule has 0 saturated carbocycles. The fourth-order valence-corrected chi connectivity index (χ4v) is 3.43. The van der Waals surface area contributed by atoms with Gasteiger partial charge < -0.3 is 10.1 Å². The molecule has 0 heterocycles. The van der Waals surface area contributed by atoms with Crippen LogP contribution in [0.3, 0.4) is 0 Å². The first-order valence-electron chi connectivity index (χ1n) is 9.13. The molecule has 8 heteroatoms. The van der Waals surface area contributed by atoms with Crippen molar-refractivity contribution in [2.24, 2.45) is 0 Å². The summed E-state index contributed by atoms with van der Waals surface area (Å²) in [5.74, 6) is 0.290. The van der Waals surface area contributed by atoms with Gasteiger partial charge in [0.25, 0.3) is 0 Å². The number of benzene rings is 2. The predicted molar refractivity (Wildman–Crippen MR) is 112 cm³/mol. The average molecular weight is 413 g/mol. The van der Waals surface area contributed by atoms with Gasteiger partial charge in [-0.15, -0.1) is 0 Å². The Kier molecular flexibility index (Phi) is 8.40. The van der Waals surface area contributed by atoms with Crippen LogP contribution in [0.15, 0.2) is 59.5 Å². The molecule has 0 fully saturated rings. The molecule has 2 rings (SSSR count). The molecule has 0 bridgehead atoms. The molecule has 2 N–H and O–H groups in total. The first kappa shape index (κ1) is 22.1. The highest BCUT2D eigenvalue weighted by atomic mass is 32.2. The zero-order chi connectivity index (χ0) is 21.1. The van der Waals surface area contributed by atoms with Crippen LogP contribution in [0.5, 0.6) is 5.75 Å². The van der Waals surface area contributed by atoms with Crippen LogP contribution in [-0.2, 0) is 14.8 Å². The summed E-state index contributed by atoms with van der Waals surface area (Å²) < 4.78 is 31.8. The Balaban J connectivity index is 1.93. The lowest BCUT2D eigenvalue weighted by Crippen LogP contribution is -2.22. The van der Waals surface area contributed by atoms with Crippen molar-refractivity contribution in [2.45, 2.75) is 24.7 Å². The minimum atomic E-state index is -3.49. The van der Waals surface area contributed by atoms with Crippen molar-refractivity contribution in [1.29, 1.82) is 5.26 Å². The van der Waals surface area contributed by atoms with Crippen molar-refractivity contribution in [3.8, 4) is 11.8 Å². The highest BCUT2D eigenvalue weighted by Gasteiger charge is 2.11. The SMILES string of the molecule is CCNS(=O)(=O)c1ccc(C=CC(=O)Nc2cccc(OCCCC#N)c2)cc1. The molecule has 29 heavy (non-hydrogen) atoms.